The number of hydrogen-bond acceptors (Lipinski definition) is 8. The van der Waals surface area contributed by atoms with E-state index in [9.17, 15) is 34.2 Å². The van der Waals surface area contributed by atoms with Crippen molar-refractivity contribution in [3.8, 4) is 0 Å². The minimum Gasteiger partial charge on any atom is -0.274 e. The third-order valence-corrected chi connectivity index (χ3v) is 7.19. The summed E-state index contributed by atoms with van der Waals surface area (Å²) in [7, 11) is 0. The zero-order chi connectivity index (χ0) is 23.9. The normalized spacial score (nSPS) is 30.2. The highest BCUT2D eigenvalue weighted by molar-refractivity contribution is 6.34. The van der Waals surface area contributed by atoms with Gasteiger partial charge in [-0.25, -0.2) is 9.80 Å². The predicted octanol–water partition coefficient (Wildman–Crippen LogP) is 2.70. The molecule has 4 amide bonds. The summed E-state index contributed by atoms with van der Waals surface area (Å²) in [5.74, 6) is -4.56. The number of amides is 4. The summed E-state index contributed by atoms with van der Waals surface area (Å²) in [5, 5.41) is 13.7. The number of nitro groups is 1. The Balaban J connectivity index is 1.54. The molecule has 0 aromatic heterocycles. The van der Waals surface area contributed by atoms with Gasteiger partial charge in [0.15, 0.2) is 0 Å². The van der Waals surface area contributed by atoms with E-state index in [-0.39, 0.29) is 22.7 Å². The van der Waals surface area contributed by atoms with E-state index < -0.39 is 51.2 Å². The Labute approximate surface area is 186 Å². The van der Waals surface area contributed by atoms with Crippen LogP contribution in [0.25, 0.3) is 0 Å². The minimum atomic E-state index is -1.43. The van der Waals surface area contributed by atoms with E-state index >= 15 is 0 Å². The molecule has 2 aromatic carbocycles. The van der Waals surface area contributed by atoms with Crippen LogP contribution < -0.4 is 9.80 Å². The number of nitrogens with zero attached hydrogens (tertiary/aromatic N) is 4. The molecular formula is C22H16N4O7. The molecule has 4 unspecified atom stereocenters. The molecule has 2 aliphatic heterocycles. The van der Waals surface area contributed by atoms with Gasteiger partial charge in [0.2, 0.25) is 23.6 Å². The first-order valence-corrected chi connectivity index (χ1v) is 10.0. The first-order chi connectivity index (χ1) is 15.6. The van der Waals surface area contributed by atoms with Crippen molar-refractivity contribution >= 4 is 46.4 Å². The van der Waals surface area contributed by atoms with Crippen LogP contribution >= 0.6 is 0 Å². The van der Waals surface area contributed by atoms with E-state index in [1.54, 1.807) is 0 Å². The van der Waals surface area contributed by atoms with E-state index in [4.69, 9.17) is 0 Å². The van der Waals surface area contributed by atoms with Gasteiger partial charge in [0.1, 0.15) is 5.69 Å². The van der Waals surface area contributed by atoms with Gasteiger partial charge in [0.25, 0.3) is 5.69 Å². The SMILES string of the molecule is CC12C(=O)N(c3ccc(N=O)cc3)C(=O)C1C1(C)C(=O)N(c3ccc([N+](=O)[O-])cc3)C(=O)C21. The predicted molar refractivity (Wildman–Crippen MR) is 113 cm³/mol. The molecule has 1 saturated carbocycles. The van der Waals surface area contributed by atoms with Crippen LogP contribution in [0.15, 0.2) is 53.7 Å². The quantitative estimate of drug-likeness (QED) is 0.302. The summed E-state index contributed by atoms with van der Waals surface area (Å²) in [6, 6.07) is 10.5. The van der Waals surface area contributed by atoms with Crippen molar-refractivity contribution in [3.63, 3.8) is 0 Å². The van der Waals surface area contributed by atoms with Crippen molar-refractivity contribution in [2.75, 3.05) is 9.80 Å². The summed E-state index contributed by atoms with van der Waals surface area (Å²) in [6.07, 6.45) is 0. The number of rotatable bonds is 4. The van der Waals surface area contributed by atoms with Gasteiger partial charge >= 0.3 is 0 Å². The smallest absolute Gasteiger partial charge is 0.269 e. The van der Waals surface area contributed by atoms with Gasteiger partial charge in [0, 0.05) is 12.1 Å². The van der Waals surface area contributed by atoms with Crippen LogP contribution in [0.5, 0.6) is 0 Å². The summed E-state index contributed by atoms with van der Waals surface area (Å²) in [6.45, 7) is 3.01. The van der Waals surface area contributed by atoms with Gasteiger partial charge < -0.3 is 0 Å². The maximum Gasteiger partial charge on any atom is 0.269 e. The number of fused-ring (bicyclic) bond motifs is 4. The third-order valence-electron chi connectivity index (χ3n) is 7.19. The van der Waals surface area contributed by atoms with E-state index in [1.807, 2.05) is 0 Å². The summed E-state index contributed by atoms with van der Waals surface area (Å²) < 4.78 is 0. The molecule has 5 rings (SSSR count). The second kappa shape index (κ2) is 6.37. The average Bonchev–Trinajstić information content (AvgIpc) is 3.07. The molecule has 0 N–H and O–H groups in total. The largest absolute Gasteiger partial charge is 0.274 e. The lowest BCUT2D eigenvalue weighted by Crippen LogP contribution is -2.65. The van der Waals surface area contributed by atoms with Gasteiger partial charge in [-0.1, -0.05) is 0 Å². The Morgan fingerprint density at radius 3 is 1.55 bits per heavy atom. The third kappa shape index (κ3) is 2.28. The van der Waals surface area contributed by atoms with Gasteiger partial charge in [0.05, 0.1) is 39.0 Å². The number of carbonyl (C=O) groups excluding carboxylic acids is 4. The van der Waals surface area contributed by atoms with E-state index in [0.29, 0.717) is 0 Å². The molecule has 11 heteroatoms. The molecule has 2 aromatic rings. The Morgan fingerprint density at radius 1 is 0.788 bits per heavy atom. The van der Waals surface area contributed by atoms with Gasteiger partial charge in [-0.2, -0.15) is 0 Å². The molecule has 0 spiro atoms. The zero-order valence-corrected chi connectivity index (χ0v) is 17.4. The Morgan fingerprint density at radius 2 is 1.18 bits per heavy atom. The Hall–Kier alpha value is -4.28. The standard InChI is InChI=1S/C22H16N4O7/c1-21-15(17(27)24(19(21)29)12-5-3-11(23-31)4-6-12)22(2)16(21)18(28)25(20(22)30)13-7-9-14(10-8-13)26(32)33/h3-10,15-16H,1-2H3. The van der Waals surface area contributed by atoms with E-state index in [2.05, 4.69) is 5.18 Å². The number of anilines is 2. The number of benzene rings is 2. The maximum absolute atomic E-state index is 13.4. The number of non-ortho nitro benzene ring substituents is 1. The molecule has 3 aliphatic rings. The van der Waals surface area contributed by atoms with Crippen molar-refractivity contribution < 1.29 is 24.1 Å². The molecule has 2 saturated heterocycles. The highest BCUT2D eigenvalue weighted by Crippen LogP contribution is 2.71. The molecule has 11 nitrogen and oxygen atoms in total. The van der Waals surface area contributed by atoms with Crippen LogP contribution in [-0.2, 0) is 19.2 Å². The van der Waals surface area contributed by atoms with Crippen molar-refractivity contribution in [1.29, 1.82) is 0 Å². The summed E-state index contributed by atoms with van der Waals surface area (Å²) in [5.41, 5.74) is -2.56. The first kappa shape index (κ1) is 20.6. The van der Waals surface area contributed by atoms with E-state index in [0.717, 1.165) is 9.80 Å². The zero-order valence-electron chi connectivity index (χ0n) is 17.4. The molecule has 2 heterocycles. The van der Waals surface area contributed by atoms with E-state index in [1.165, 1.54) is 62.4 Å². The van der Waals surface area contributed by atoms with Crippen LogP contribution in [0, 0.1) is 37.7 Å². The lowest BCUT2D eigenvalue weighted by molar-refractivity contribution is -0.384. The minimum absolute atomic E-state index is 0.125. The highest BCUT2D eigenvalue weighted by Gasteiger charge is 2.85. The second-order valence-electron chi connectivity index (χ2n) is 8.77. The Kier molecular flexibility index (Phi) is 3.98. The molecule has 3 fully saturated rings. The molecule has 33 heavy (non-hydrogen) atoms. The lowest BCUT2D eigenvalue weighted by Gasteiger charge is -2.53. The van der Waals surface area contributed by atoms with Gasteiger partial charge in [-0.3, -0.25) is 29.3 Å². The lowest BCUT2D eigenvalue weighted by atomic mass is 9.41. The number of nitroso groups, excluding NO2 is 1. The number of carbonyl (C=O) groups is 4. The number of imide groups is 2. The maximum atomic E-state index is 13.4. The number of nitro benzene ring substituents is 1. The van der Waals surface area contributed by atoms with Gasteiger partial charge in [-0.15, -0.1) is 4.91 Å². The number of hydrogen-bond donors (Lipinski definition) is 0. The van der Waals surface area contributed by atoms with Crippen LogP contribution in [0.4, 0.5) is 22.7 Å². The molecule has 4 atom stereocenters. The summed E-state index contributed by atoms with van der Waals surface area (Å²) in [4.78, 5) is 76.4. The van der Waals surface area contributed by atoms with Crippen LogP contribution in [0.2, 0.25) is 0 Å². The fourth-order valence-electron chi connectivity index (χ4n) is 5.82. The van der Waals surface area contributed by atoms with Crippen LogP contribution in [-0.4, -0.2) is 28.6 Å². The molecule has 166 valence electrons. The second-order valence-corrected chi connectivity index (χ2v) is 8.77. The molecule has 1 aliphatic carbocycles. The van der Waals surface area contributed by atoms with Gasteiger partial charge in [-0.05, 0) is 55.4 Å². The fraction of sp³-hybridized carbons (Fsp3) is 0.273. The van der Waals surface area contributed by atoms with Crippen molar-refractivity contribution in [1.82, 2.24) is 0 Å². The van der Waals surface area contributed by atoms with Crippen molar-refractivity contribution in [2.45, 2.75) is 13.8 Å². The van der Waals surface area contributed by atoms with Crippen molar-refractivity contribution in [3.05, 3.63) is 63.6 Å². The average molecular weight is 448 g/mol. The fourth-order valence-corrected chi connectivity index (χ4v) is 5.82. The van der Waals surface area contributed by atoms with Crippen LogP contribution in [0.1, 0.15) is 13.8 Å². The highest BCUT2D eigenvalue weighted by atomic mass is 16.6. The monoisotopic (exact) mass is 448 g/mol. The Bertz CT molecular complexity index is 1290. The molecular weight excluding hydrogens is 432 g/mol. The van der Waals surface area contributed by atoms with Crippen LogP contribution in [0.3, 0.4) is 0 Å². The first-order valence-electron chi connectivity index (χ1n) is 10.0. The van der Waals surface area contributed by atoms with Crippen molar-refractivity contribution in [2.24, 2.45) is 27.8 Å². The molecule has 0 radical (unpaired) electrons. The molecule has 0 bridgehead atoms. The topological polar surface area (TPSA) is 147 Å². The summed E-state index contributed by atoms with van der Waals surface area (Å²) >= 11 is 0.